The lowest BCUT2D eigenvalue weighted by atomic mass is 10.1. The van der Waals surface area contributed by atoms with Crippen LogP contribution in [0.4, 0.5) is 0 Å². The summed E-state index contributed by atoms with van der Waals surface area (Å²) in [5, 5.41) is 9.49. The van der Waals surface area contributed by atoms with Crippen molar-refractivity contribution in [1.29, 1.82) is 0 Å². The molecule has 0 aliphatic rings. The van der Waals surface area contributed by atoms with Gasteiger partial charge in [-0.3, -0.25) is 0 Å². The first-order valence-corrected chi connectivity index (χ1v) is 11.1. The van der Waals surface area contributed by atoms with E-state index in [1.165, 1.54) is 28.4 Å². The monoisotopic (exact) mass is 517 g/mol. The third-order valence-electron chi connectivity index (χ3n) is 5.02. The van der Waals surface area contributed by atoms with Gasteiger partial charge in [0.05, 0.1) is 28.4 Å². The molecular weight excluding hydrogens is 486 g/mol. The van der Waals surface area contributed by atoms with Crippen LogP contribution in [0.15, 0.2) is 35.3 Å². The van der Waals surface area contributed by atoms with Crippen LogP contribution in [0.25, 0.3) is 12.2 Å². The predicted molar refractivity (Wildman–Crippen MR) is 137 cm³/mol. The molecule has 2 rings (SSSR count). The van der Waals surface area contributed by atoms with Gasteiger partial charge in [0, 0.05) is 6.54 Å². The Labute approximate surface area is 214 Å². The van der Waals surface area contributed by atoms with Crippen molar-refractivity contribution in [3.63, 3.8) is 0 Å². The molecule has 1 unspecified atom stereocenters. The lowest BCUT2D eigenvalue weighted by Gasteiger charge is -2.14. The normalized spacial score (nSPS) is 12.1. The first-order valence-electron chi connectivity index (χ1n) is 11.1. The molecule has 0 heterocycles. The molecule has 2 aromatic carbocycles. The van der Waals surface area contributed by atoms with Crippen molar-refractivity contribution in [3.05, 3.63) is 51.6 Å². The molecule has 0 fully saturated rings. The number of guanidine groups is 1. The molecule has 37 heavy (non-hydrogen) atoms. The number of hydrogen-bond donors (Lipinski definition) is 3. The number of rotatable bonds is 13. The Balaban J connectivity index is 2.10. The van der Waals surface area contributed by atoms with Crippen molar-refractivity contribution in [2.75, 3.05) is 35.0 Å². The zero-order valence-electron chi connectivity index (χ0n) is 21.1. The number of nitro groups is 1. The van der Waals surface area contributed by atoms with E-state index in [4.69, 9.17) is 35.2 Å². The van der Waals surface area contributed by atoms with Gasteiger partial charge in [-0.1, -0.05) is 23.6 Å². The average molecular weight is 518 g/mol. The van der Waals surface area contributed by atoms with Crippen molar-refractivity contribution in [2.24, 2.45) is 16.5 Å². The Morgan fingerprint density at radius 3 is 2.16 bits per heavy atom. The van der Waals surface area contributed by atoms with Crippen LogP contribution in [-0.4, -0.2) is 58.0 Å². The second-order valence-electron chi connectivity index (χ2n) is 7.51. The van der Waals surface area contributed by atoms with Crippen molar-refractivity contribution < 1.29 is 33.5 Å². The van der Waals surface area contributed by atoms with Gasteiger partial charge in [0.15, 0.2) is 28.0 Å². The van der Waals surface area contributed by atoms with E-state index in [0.29, 0.717) is 29.4 Å². The summed E-state index contributed by atoms with van der Waals surface area (Å²) in [4.78, 5) is 26.6. The van der Waals surface area contributed by atoms with Crippen LogP contribution in [0.5, 0.6) is 28.7 Å². The number of hydrazine groups is 1. The standard InChI is InChI=1S/C24H31N5O8/c1-33-18-10-9-15(7-8-16-13-20(34-2)22(36-4)21(14-16)35-3)12-19(18)37-23(30)17(25)6-5-11-27-24(26)28-29(31)32/h7-10,12-14,17H,5-6,11,25H2,1-4H3,(H3,26,27,28)/b8-7-. The van der Waals surface area contributed by atoms with E-state index in [2.05, 4.69) is 4.99 Å². The molecule has 0 amide bonds. The van der Waals surface area contributed by atoms with Gasteiger partial charge in [0.1, 0.15) is 6.04 Å². The van der Waals surface area contributed by atoms with Gasteiger partial charge in [0.2, 0.25) is 5.75 Å². The third kappa shape index (κ3) is 8.58. The van der Waals surface area contributed by atoms with Gasteiger partial charge in [0.25, 0.3) is 5.96 Å². The summed E-state index contributed by atoms with van der Waals surface area (Å²) in [6.07, 6.45) is 4.25. The van der Waals surface area contributed by atoms with Crippen molar-refractivity contribution >= 4 is 24.1 Å². The number of nitrogens with two attached hydrogens (primary N) is 2. The molecule has 0 aromatic heterocycles. The SMILES string of the molecule is COc1ccc(/C=C\c2cc(OC)c(OC)c(OC)c2)cc1OC(=O)C(N)CCCN=C(N)N[N+](=O)[O-]. The number of aliphatic imine (C=N–C) groups is 1. The first-order chi connectivity index (χ1) is 17.7. The highest BCUT2D eigenvalue weighted by atomic mass is 16.7. The minimum Gasteiger partial charge on any atom is -0.493 e. The third-order valence-corrected chi connectivity index (χ3v) is 5.02. The molecular formula is C24H31N5O8. The Morgan fingerprint density at radius 1 is 1.00 bits per heavy atom. The largest absolute Gasteiger partial charge is 0.493 e. The molecule has 2 aromatic rings. The molecule has 5 N–H and O–H groups in total. The number of carbonyl (C=O) groups excluding carboxylic acids is 1. The highest BCUT2D eigenvalue weighted by Crippen LogP contribution is 2.38. The Kier molecular flexibility index (Phi) is 11.0. The number of nitrogens with zero attached hydrogens (tertiary/aromatic N) is 2. The van der Waals surface area contributed by atoms with E-state index in [-0.39, 0.29) is 24.7 Å². The van der Waals surface area contributed by atoms with E-state index in [0.717, 1.165) is 11.1 Å². The molecule has 0 saturated heterocycles. The van der Waals surface area contributed by atoms with Crippen LogP contribution in [0.1, 0.15) is 24.0 Å². The fourth-order valence-electron chi connectivity index (χ4n) is 3.21. The molecule has 0 aliphatic heterocycles. The Bertz CT molecular complexity index is 1130. The van der Waals surface area contributed by atoms with Crippen LogP contribution in [-0.2, 0) is 4.79 Å². The molecule has 1 atom stereocenters. The van der Waals surface area contributed by atoms with Crippen LogP contribution in [0.3, 0.4) is 0 Å². The fraction of sp³-hybridized carbons (Fsp3) is 0.333. The summed E-state index contributed by atoms with van der Waals surface area (Å²) in [6, 6.07) is 7.77. The average Bonchev–Trinajstić information content (AvgIpc) is 2.88. The quantitative estimate of drug-likeness (QED) is 0.0516. The van der Waals surface area contributed by atoms with Gasteiger partial charge < -0.3 is 35.2 Å². The molecule has 0 aliphatic carbocycles. The maximum absolute atomic E-state index is 12.5. The van der Waals surface area contributed by atoms with Crippen molar-refractivity contribution in [2.45, 2.75) is 18.9 Å². The number of esters is 1. The lowest BCUT2D eigenvalue weighted by Crippen LogP contribution is -2.36. The van der Waals surface area contributed by atoms with Crippen LogP contribution >= 0.6 is 0 Å². The van der Waals surface area contributed by atoms with Crippen LogP contribution < -0.4 is 40.6 Å². The molecule has 0 saturated carbocycles. The molecule has 200 valence electrons. The maximum Gasteiger partial charge on any atom is 0.328 e. The van der Waals surface area contributed by atoms with E-state index < -0.39 is 17.0 Å². The van der Waals surface area contributed by atoms with Gasteiger partial charge >= 0.3 is 5.97 Å². The van der Waals surface area contributed by atoms with Gasteiger partial charge in [-0.25, -0.2) is 19.9 Å². The molecule has 0 bridgehead atoms. The fourth-order valence-corrected chi connectivity index (χ4v) is 3.21. The molecule has 13 heteroatoms. The Morgan fingerprint density at radius 2 is 1.59 bits per heavy atom. The second kappa shape index (κ2) is 14.1. The highest BCUT2D eigenvalue weighted by Gasteiger charge is 2.18. The first kappa shape index (κ1) is 28.7. The van der Waals surface area contributed by atoms with Crippen LogP contribution in [0.2, 0.25) is 0 Å². The number of methoxy groups -OCH3 is 4. The highest BCUT2D eigenvalue weighted by molar-refractivity contribution is 5.80. The summed E-state index contributed by atoms with van der Waals surface area (Å²) in [5.74, 6) is 1.08. The number of carbonyl (C=O) groups is 1. The molecule has 13 nitrogen and oxygen atoms in total. The Hall–Kier alpha value is -4.52. The number of benzene rings is 2. The van der Waals surface area contributed by atoms with E-state index in [1.54, 1.807) is 35.8 Å². The van der Waals surface area contributed by atoms with Crippen LogP contribution in [0, 0.1) is 10.1 Å². The number of nitrogens with one attached hydrogen (secondary N) is 1. The molecule has 0 spiro atoms. The van der Waals surface area contributed by atoms with Gasteiger partial charge in [-0.15, -0.1) is 0 Å². The minimum absolute atomic E-state index is 0.151. The maximum atomic E-state index is 12.5. The predicted octanol–water partition coefficient (Wildman–Crippen LogP) is 2.00. The van der Waals surface area contributed by atoms with Crippen molar-refractivity contribution in [3.8, 4) is 28.7 Å². The summed E-state index contributed by atoms with van der Waals surface area (Å²) in [6.45, 7) is 0.151. The number of hydrogen-bond acceptors (Lipinski definition) is 10. The minimum atomic E-state index is -0.942. The summed E-state index contributed by atoms with van der Waals surface area (Å²) < 4.78 is 26.9. The van der Waals surface area contributed by atoms with E-state index >= 15 is 0 Å². The van der Waals surface area contributed by atoms with Gasteiger partial charge in [-0.2, -0.15) is 0 Å². The van der Waals surface area contributed by atoms with Gasteiger partial charge in [-0.05, 0) is 48.2 Å². The lowest BCUT2D eigenvalue weighted by molar-refractivity contribution is -0.525. The van der Waals surface area contributed by atoms with E-state index in [9.17, 15) is 14.9 Å². The zero-order valence-corrected chi connectivity index (χ0v) is 21.1. The zero-order chi connectivity index (χ0) is 27.4. The number of ether oxygens (including phenoxy) is 5. The summed E-state index contributed by atoms with van der Waals surface area (Å²) in [5.41, 5.74) is 14.5. The summed E-state index contributed by atoms with van der Waals surface area (Å²) >= 11 is 0. The summed E-state index contributed by atoms with van der Waals surface area (Å²) in [7, 11) is 6.06. The topological polar surface area (TPSA) is 183 Å². The van der Waals surface area contributed by atoms with Crippen molar-refractivity contribution in [1.82, 2.24) is 5.43 Å². The molecule has 0 radical (unpaired) electrons. The second-order valence-corrected chi connectivity index (χ2v) is 7.51. The van der Waals surface area contributed by atoms with E-state index in [1.807, 2.05) is 12.2 Å². The smallest absolute Gasteiger partial charge is 0.328 e.